The third-order valence-electron chi connectivity index (χ3n) is 8.15. The Labute approximate surface area is 250 Å². The average molecular weight is 571 g/mol. The van der Waals surface area contributed by atoms with Crippen molar-refractivity contribution in [3.8, 4) is 5.75 Å². The molecule has 0 saturated heterocycles. The van der Waals surface area contributed by atoms with Crippen LogP contribution in [0.4, 0.5) is 0 Å². The molecule has 0 radical (unpaired) electrons. The van der Waals surface area contributed by atoms with Crippen LogP contribution in [0.25, 0.3) is 0 Å². The number of unbranched alkanes of at least 4 members (excludes halogenated alkanes) is 12. The number of carbonyl (C=O) groups is 2. The highest BCUT2D eigenvalue weighted by molar-refractivity contribution is 5.82. The summed E-state index contributed by atoms with van der Waals surface area (Å²) >= 11 is 0. The van der Waals surface area contributed by atoms with Gasteiger partial charge in [0.25, 0.3) is 0 Å². The van der Waals surface area contributed by atoms with E-state index in [4.69, 9.17) is 14.2 Å². The third kappa shape index (κ3) is 16.7. The Morgan fingerprint density at radius 1 is 0.805 bits per heavy atom. The Morgan fingerprint density at radius 3 is 2.00 bits per heavy atom. The van der Waals surface area contributed by atoms with Crippen LogP contribution in [0.2, 0.25) is 0 Å². The first-order valence-corrected chi connectivity index (χ1v) is 16.8. The maximum atomic E-state index is 12.6. The van der Waals surface area contributed by atoms with Gasteiger partial charge in [-0.25, -0.2) is 4.79 Å². The number of ether oxygens (including phenoxy) is 3. The van der Waals surface area contributed by atoms with Gasteiger partial charge in [0.05, 0.1) is 6.61 Å². The van der Waals surface area contributed by atoms with Crippen LogP contribution >= 0.6 is 0 Å². The summed E-state index contributed by atoms with van der Waals surface area (Å²) in [5.41, 5.74) is 2.05. The number of hydrogen-bond donors (Lipinski definition) is 0. The lowest BCUT2D eigenvalue weighted by Gasteiger charge is -2.31. The van der Waals surface area contributed by atoms with Crippen molar-refractivity contribution >= 4 is 11.9 Å². The molecule has 2 atom stereocenters. The van der Waals surface area contributed by atoms with Crippen LogP contribution < -0.4 is 4.74 Å². The van der Waals surface area contributed by atoms with Gasteiger partial charge in [-0.2, -0.15) is 0 Å². The van der Waals surface area contributed by atoms with E-state index in [1.165, 1.54) is 88.7 Å². The zero-order valence-electron chi connectivity index (χ0n) is 26.4. The van der Waals surface area contributed by atoms with Crippen LogP contribution in [-0.2, 0) is 25.5 Å². The van der Waals surface area contributed by atoms with E-state index in [2.05, 4.69) is 19.1 Å². The molecule has 0 unspecified atom stereocenters. The third-order valence-corrected chi connectivity index (χ3v) is 8.15. The Balaban J connectivity index is 1.60. The van der Waals surface area contributed by atoms with Crippen molar-refractivity contribution in [3.05, 3.63) is 41.5 Å². The van der Waals surface area contributed by atoms with Crippen LogP contribution in [0.15, 0.2) is 35.9 Å². The topological polar surface area (TPSA) is 61.8 Å². The summed E-state index contributed by atoms with van der Waals surface area (Å²) in [6.07, 6.45) is 24.4. The van der Waals surface area contributed by atoms with Crippen molar-refractivity contribution in [3.63, 3.8) is 0 Å². The summed E-state index contributed by atoms with van der Waals surface area (Å²) in [6.45, 7) is 6.63. The lowest BCUT2D eigenvalue weighted by atomic mass is 9.82. The van der Waals surface area contributed by atoms with Gasteiger partial charge in [-0.05, 0) is 75.1 Å². The molecule has 5 nitrogen and oxygen atoms in total. The highest BCUT2D eigenvalue weighted by atomic mass is 16.5. The Morgan fingerprint density at radius 2 is 1.39 bits per heavy atom. The van der Waals surface area contributed by atoms with Crippen LogP contribution in [0.3, 0.4) is 0 Å². The molecular formula is C36H58O5. The fourth-order valence-corrected chi connectivity index (χ4v) is 5.73. The van der Waals surface area contributed by atoms with Gasteiger partial charge in [-0.1, -0.05) is 103 Å². The molecule has 1 aromatic rings. The monoisotopic (exact) mass is 570 g/mol. The summed E-state index contributed by atoms with van der Waals surface area (Å²) in [6, 6.07) is 8.15. The predicted molar refractivity (Wildman–Crippen MR) is 168 cm³/mol. The molecule has 0 heterocycles. The van der Waals surface area contributed by atoms with Crippen LogP contribution in [-0.4, -0.2) is 31.3 Å². The number of rotatable bonds is 22. The smallest absolute Gasteiger partial charge is 0.330 e. The molecular weight excluding hydrogens is 512 g/mol. The minimum absolute atomic E-state index is 0.0139. The lowest BCUT2D eigenvalue weighted by molar-refractivity contribution is -0.153. The minimum Gasteiger partial charge on any atom is -0.489 e. The molecule has 5 heteroatoms. The number of benzene rings is 1. The van der Waals surface area contributed by atoms with E-state index in [0.29, 0.717) is 25.6 Å². The molecule has 0 spiro atoms. The standard InChI is InChI=1S/C36H58O5/c1-4-6-7-8-9-10-11-12-13-14-15-16-17-22-35(37)41-34-21-19-18-20-32(34)28-31-23-25-33(26-24-31)40-29-30(3)27-36(38)39-5-2/h23-27,32,34H,4-22,28-29H2,1-3H3/b30-27+/t32-,34-/m0/s1. The molecule has 0 aliphatic heterocycles. The summed E-state index contributed by atoms with van der Waals surface area (Å²) < 4.78 is 16.8. The first-order chi connectivity index (χ1) is 20.0. The summed E-state index contributed by atoms with van der Waals surface area (Å²) in [5.74, 6) is 0.798. The second kappa shape index (κ2) is 22.3. The maximum Gasteiger partial charge on any atom is 0.330 e. The Bertz CT molecular complexity index is 859. The lowest BCUT2D eigenvalue weighted by Crippen LogP contribution is -2.31. The highest BCUT2D eigenvalue weighted by Crippen LogP contribution is 2.31. The Kier molecular flexibility index (Phi) is 19.0. The summed E-state index contributed by atoms with van der Waals surface area (Å²) in [7, 11) is 0. The second-order valence-electron chi connectivity index (χ2n) is 11.9. The first kappa shape index (κ1) is 34.9. The van der Waals surface area contributed by atoms with Crippen LogP contribution in [0, 0.1) is 5.92 Å². The molecule has 1 aliphatic rings. The molecule has 232 valence electrons. The fourth-order valence-electron chi connectivity index (χ4n) is 5.73. The first-order valence-electron chi connectivity index (χ1n) is 16.8. The highest BCUT2D eigenvalue weighted by Gasteiger charge is 2.28. The second-order valence-corrected chi connectivity index (χ2v) is 11.9. The van der Waals surface area contributed by atoms with Crippen LogP contribution in [0.1, 0.15) is 142 Å². The van der Waals surface area contributed by atoms with Crippen LogP contribution in [0.5, 0.6) is 5.75 Å². The average Bonchev–Trinajstić information content (AvgIpc) is 2.96. The number of esters is 2. The number of carbonyl (C=O) groups excluding carboxylic acids is 2. The van der Waals surface area contributed by atoms with Gasteiger partial charge >= 0.3 is 11.9 Å². The van der Waals surface area contributed by atoms with E-state index in [1.54, 1.807) is 6.92 Å². The molecule has 2 rings (SSSR count). The molecule has 0 amide bonds. The molecule has 1 saturated carbocycles. The van der Waals surface area contributed by atoms with E-state index in [9.17, 15) is 9.59 Å². The maximum absolute atomic E-state index is 12.6. The van der Waals surface area contributed by atoms with Gasteiger partial charge in [-0.3, -0.25) is 4.79 Å². The Hall–Kier alpha value is -2.30. The quantitative estimate of drug-likeness (QED) is 0.0789. The largest absolute Gasteiger partial charge is 0.489 e. The van der Waals surface area contributed by atoms with Crippen molar-refractivity contribution in [2.45, 2.75) is 149 Å². The van der Waals surface area contributed by atoms with Crippen molar-refractivity contribution < 1.29 is 23.8 Å². The van der Waals surface area contributed by atoms with E-state index in [-0.39, 0.29) is 18.0 Å². The normalized spacial score (nSPS) is 17.3. The predicted octanol–water partition coefficient (Wildman–Crippen LogP) is 9.70. The summed E-state index contributed by atoms with van der Waals surface area (Å²) in [5, 5.41) is 0. The molecule has 1 fully saturated rings. The molecule has 0 N–H and O–H groups in total. The van der Waals surface area contributed by atoms with Gasteiger partial charge in [0.2, 0.25) is 0 Å². The summed E-state index contributed by atoms with van der Waals surface area (Å²) in [4.78, 5) is 24.2. The van der Waals surface area contributed by atoms with Gasteiger partial charge in [0.15, 0.2) is 0 Å². The SMILES string of the molecule is CCCCCCCCCCCCCCCC(=O)O[C@H]1CCCC[C@H]1Cc1ccc(OC/C(C)=C/C(=O)OCC)cc1. The van der Waals surface area contributed by atoms with E-state index < -0.39 is 0 Å². The van der Waals surface area contributed by atoms with Gasteiger partial charge < -0.3 is 14.2 Å². The van der Waals surface area contributed by atoms with E-state index in [1.807, 2.05) is 19.1 Å². The minimum atomic E-state index is -0.337. The van der Waals surface area contributed by atoms with E-state index in [0.717, 1.165) is 49.8 Å². The van der Waals surface area contributed by atoms with Crippen molar-refractivity contribution in [2.75, 3.05) is 13.2 Å². The van der Waals surface area contributed by atoms with Gasteiger partial charge in [0.1, 0.15) is 18.5 Å². The van der Waals surface area contributed by atoms with Crippen molar-refractivity contribution in [1.82, 2.24) is 0 Å². The molecule has 1 aliphatic carbocycles. The zero-order chi connectivity index (χ0) is 29.5. The van der Waals surface area contributed by atoms with Crippen molar-refractivity contribution in [2.24, 2.45) is 5.92 Å². The molecule has 1 aromatic carbocycles. The van der Waals surface area contributed by atoms with Gasteiger partial charge in [0, 0.05) is 12.5 Å². The number of hydrogen-bond acceptors (Lipinski definition) is 5. The van der Waals surface area contributed by atoms with Crippen molar-refractivity contribution in [1.29, 1.82) is 0 Å². The zero-order valence-corrected chi connectivity index (χ0v) is 26.4. The van der Waals surface area contributed by atoms with E-state index >= 15 is 0 Å². The van der Waals surface area contributed by atoms with Gasteiger partial charge in [-0.15, -0.1) is 0 Å². The molecule has 41 heavy (non-hydrogen) atoms. The molecule has 0 aromatic heterocycles. The fraction of sp³-hybridized carbons (Fsp3) is 0.722. The molecule has 0 bridgehead atoms.